The first-order valence-electron chi connectivity index (χ1n) is 39.0. The zero-order valence-corrected chi connectivity index (χ0v) is 61.4. The molecule has 0 fully saturated rings. The Bertz CT molecular complexity index is 1900. The van der Waals surface area contributed by atoms with Gasteiger partial charge in [-0.05, 0) is 103 Å². The summed E-state index contributed by atoms with van der Waals surface area (Å²) in [5.41, 5.74) is 0. The second kappa shape index (κ2) is 73.8. The van der Waals surface area contributed by atoms with E-state index in [1.54, 1.807) is 0 Å². The number of hydrogen-bond acceptors (Lipinski definition) is 8. The van der Waals surface area contributed by atoms with E-state index in [1.165, 1.54) is 225 Å². The summed E-state index contributed by atoms with van der Waals surface area (Å²) < 4.78 is 22.9. The van der Waals surface area contributed by atoms with E-state index < -0.39 is 24.3 Å². The van der Waals surface area contributed by atoms with Crippen LogP contribution < -0.4 is 5.11 Å². The molecule has 9 heteroatoms. The van der Waals surface area contributed by atoms with Gasteiger partial charge < -0.3 is 33.3 Å². The summed E-state index contributed by atoms with van der Waals surface area (Å²) in [4.78, 5) is 37.6. The molecular formula is C84H147NO8. The van der Waals surface area contributed by atoms with Crippen molar-refractivity contribution < 1.29 is 42.9 Å². The standard InChI is InChI=1S/C84H147NO8/c1-6-8-10-12-14-16-18-20-22-24-26-28-30-32-34-35-36-37-38-39-40-41-42-43-44-45-46-47-49-51-53-55-57-59-61-63-65-67-69-71-73-75-82(87)93-80(79-92-84(83(88)89)90-77-76-85(3,4)5)78-91-81(86)74-72-70-68-66-64-62-60-58-56-54-52-50-48-33-31-29-27-25-23-21-19-17-15-13-11-9-7-2/h8,10,14,16,20,22,25-28,32,34,36-37,39-40,42-43,80,84H,6-7,9,11-13,15,17-19,21,23-24,29-31,33,35,38,41,44-79H2,1-5H3/b10-8-,16-14-,22-20-,27-25-,28-26-,34-32-,37-36-,40-39-,43-42-. The van der Waals surface area contributed by atoms with Gasteiger partial charge in [0.2, 0.25) is 0 Å². The molecule has 0 N–H and O–H groups in total. The number of ether oxygens (including phenoxy) is 4. The Hall–Kier alpha value is -4.05. The number of aliphatic carboxylic acids is 1. The van der Waals surface area contributed by atoms with Gasteiger partial charge in [-0.2, -0.15) is 0 Å². The van der Waals surface area contributed by atoms with E-state index in [-0.39, 0.29) is 32.2 Å². The molecule has 0 aromatic rings. The molecule has 0 saturated carbocycles. The molecule has 0 heterocycles. The lowest BCUT2D eigenvalue weighted by Gasteiger charge is -2.26. The van der Waals surface area contributed by atoms with E-state index in [0.717, 1.165) is 89.9 Å². The number of carbonyl (C=O) groups is 3. The summed E-state index contributed by atoms with van der Waals surface area (Å²) in [6.07, 6.45) is 101. The first-order chi connectivity index (χ1) is 45.6. The van der Waals surface area contributed by atoms with Gasteiger partial charge in [-0.15, -0.1) is 0 Å². The molecule has 2 atom stereocenters. The molecular weight excluding hydrogens is 1150 g/mol. The highest BCUT2D eigenvalue weighted by molar-refractivity contribution is 5.70. The molecule has 0 spiro atoms. The first-order valence-corrected chi connectivity index (χ1v) is 39.0. The summed E-state index contributed by atoms with van der Waals surface area (Å²) in [7, 11) is 5.94. The first kappa shape index (κ1) is 89.0. The van der Waals surface area contributed by atoms with E-state index in [2.05, 4.69) is 123 Å². The Morgan fingerprint density at radius 1 is 0.333 bits per heavy atom. The number of rotatable bonds is 72. The summed E-state index contributed by atoms with van der Waals surface area (Å²) in [5, 5.41) is 11.9. The van der Waals surface area contributed by atoms with Gasteiger partial charge >= 0.3 is 11.9 Å². The van der Waals surface area contributed by atoms with Crippen molar-refractivity contribution in [2.45, 2.75) is 360 Å². The zero-order valence-electron chi connectivity index (χ0n) is 61.4. The molecule has 0 aliphatic carbocycles. The third-order valence-electron chi connectivity index (χ3n) is 17.0. The molecule has 9 nitrogen and oxygen atoms in total. The molecule has 0 radical (unpaired) electrons. The van der Waals surface area contributed by atoms with Gasteiger partial charge in [0.25, 0.3) is 0 Å². The van der Waals surface area contributed by atoms with Crippen LogP contribution in [0.5, 0.6) is 0 Å². The molecule has 0 saturated heterocycles. The lowest BCUT2D eigenvalue weighted by atomic mass is 10.0. The van der Waals surface area contributed by atoms with Crippen molar-refractivity contribution in [1.82, 2.24) is 0 Å². The maximum atomic E-state index is 13.0. The van der Waals surface area contributed by atoms with Crippen LogP contribution in [0.3, 0.4) is 0 Å². The predicted molar refractivity (Wildman–Crippen MR) is 398 cm³/mol. The van der Waals surface area contributed by atoms with Gasteiger partial charge in [-0.3, -0.25) is 9.59 Å². The summed E-state index contributed by atoms with van der Waals surface area (Å²) >= 11 is 0. The van der Waals surface area contributed by atoms with Crippen LogP contribution >= 0.6 is 0 Å². The maximum absolute atomic E-state index is 13.0. The Balaban J connectivity index is 4.04. The SMILES string of the molecule is CC/C=C\C/C=C\C/C=C\C/C=C\C/C=C\C/C=C\C/C=C\C/C=C\CCCCCCCCCCCCCCCCCCC(=O)OC(COC(=O)CCCCCCCCCCCCCCCCC/C=C\CCCCCCCCCC)COC(OCC[N+](C)(C)C)C(=O)[O-]. The number of carboxylic acids is 1. The quantitative estimate of drug-likeness (QED) is 0.0195. The molecule has 0 bridgehead atoms. The minimum atomic E-state index is -1.62. The van der Waals surface area contributed by atoms with E-state index >= 15 is 0 Å². The average Bonchev–Trinajstić information content (AvgIpc) is 3.38. The number of carboxylic acid groups (broad SMARTS) is 1. The highest BCUT2D eigenvalue weighted by Gasteiger charge is 2.22. The van der Waals surface area contributed by atoms with Crippen molar-refractivity contribution in [3.8, 4) is 0 Å². The second-order valence-corrected chi connectivity index (χ2v) is 27.3. The fourth-order valence-electron chi connectivity index (χ4n) is 11.1. The van der Waals surface area contributed by atoms with Crippen LogP contribution in [0, 0.1) is 0 Å². The van der Waals surface area contributed by atoms with Crippen LogP contribution in [-0.2, 0) is 33.3 Å². The molecule has 0 aliphatic rings. The summed E-state index contributed by atoms with van der Waals surface area (Å²) in [6, 6.07) is 0. The fourth-order valence-corrected chi connectivity index (χ4v) is 11.1. The molecule has 536 valence electrons. The molecule has 0 aromatic heterocycles. The Morgan fingerprint density at radius 3 is 0.925 bits per heavy atom. The predicted octanol–water partition coefficient (Wildman–Crippen LogP) is 23.6. The molecule has 93 heavy (non-hydrogen) atoms. The van der Waals surface area contributed by atoms with Gasteiger partial charge in [-0.1, -0.05) is 342 Å². The van der Waals surface area contributed by atoms with Crippen LogP contribution in [-0.4, -0.2) is 82.3 Å². The summed E-state index contributed by atoms with van der Waals surface area (Å²) in [5.74, 6) is -2.27. The van der Waals surface area contributed by atoms with Gasteiger partial charge in [0, 0.05) is 12.8 Å². The lowest BCUT2D eigenvalue weighted by molar-refractivity contribution is -0.870. The van der Waals surface area contributed by atoms with Gasteiger partial charge in [0.1, 0.15) is 13.2 Å². The molecule has 0 rings (SSSR count). The second-order valence-electron chi connectivity index (χ2n) is 27.3. The van der Waals surface area contributed by atoms with Crippen LogP contribution in [0.1, 0.15) is 348 Å². The Kier molecular flexibility index (Phi) is 70.5. The number of unbranched alkanes of at least 4 members (excludes halogenated alkanes) is 39. The largest absolute Gasteiger partial charge is 0.545 e. The van der Waals surface area contributed by atoms with Crippen molar-refractivity contribution in [2.75, 3.05) is 47.5 Å². The monoisotopic (exact) mass is 1300 g/mol. The highest BCUT2D eigenvalue weighted by atomic mass is 16.7. The zero-order chi connectivity index (χ0) is 67.5. The van der Waals surface area contributed by atoms with Gasteiger partial charge in [0.05, 0.1) is 40.3 Å². The van der Waals surface area contributed by atoms with E-state index in [0.29, 0.717) is 23.9 Å². The number of hydrogen-bond donors (Lipinski definition) is 0. The van der Waals surface area contributed by atoms with Crippen molar-refractivity contribution in [3.63, 3.8) is 0 Å². The molecule has 0 amide bonds. The van der Waals surface area contributed by atoms with E-state index in [9.17, 15) is 19.5 Å². The molecule has 0 aliphatic heterocycles. The number of allylic oxidation sites excluding steroid dienone is 18. The Morgan fingerprint density at radius 2 is 0.613 bits per heavy atom. The summed E-state index contributed by atoms with van der Waals surface area (Å²) in [6.45, 7) is 4.68. The average molecular weight is 1300 g/mol. The number of esters is 2. The Labute approximate surface area is 575 Å². The van der Waals surface area contributed by atoms with Crippen LogP contribution in [0.4, 0.5) is 0 Å². The normalized spacial score (nSPS) is 13.3. The number of carbonyl (C=O) groups excluding carboxylic acids is 3. The number of likely N-dealkylation sites (N-methyl/N-ethyl adjacent to an activating group) is 1. The molecule has 0 aromatic carbocycles. The van der Waals surface area contributed by atoms with Gasteiger partial charge in [0.15, 0.2) is 12.4 Å². The molecule has 2 unspecified atom stereocenters. The maximum Gasteiger partial charge on any atom is 0.306 e. The third kappa shape index (κ3) is 75.2. The van der Waals surface area contributed by atoms with Crippen molar-refractivity contribution in [3.05, 3.63) is 109 Å². The van der Waals surface area contributed by atoms with Gasteiger partial charge in [-0.25, -0.2) is 0 Å². The van der Waals surface area contributed by atoms with Crippen LogP contribution in [0.25, 0.3) is 0 Å². The topological polar surface area (TPSA) is 111 Å². The minimum absolute atomic E-state index is 0.146. The third-order valence-corrected chi connectivity index (χ3v) is 17.0. The van der Waals surface area contributed by atoms with E-state index in [1.807, 2.05) is 21.1 Å². The van der Waals surface area contributed by atoms with Crippen molar-refractivity contribution in [1.29, 1.82) is 0 Å². The fraction of sp³-hybridized carbons (Fsp3) is 0.750. The van der Waals surface area contributed by atoms with Crippen molar-refractivity contribution >= 4 is 17.9 Å². The number of nitrogens with zero attached hydrogens (tertiary/aromatic N) is 1. The number of quaternary nitrogens is 1. The van der Waals surface area contributed by atoms with Crippen LogP contribution in [0.2, 0.25) is 0 Å². The van der Waals surface area contributed by atoms with E-state index in [4.69, 9.17) is 18.9 Å². The minimum Gasteiger partial charge on any atom is -0.545 e. The smallest absolute Gasteiger partial charge is 0.306 e. The lowest BCUT2D eigenvalue weighted by Crippen LogP contribution is -2.44. The van der Waals surface area contributed by atoms with Crippen LogP contribution in [0.15, 0.2) is 109 Å². The highest BCUT2D eigenvalue weighted by Crippen LogP contribution is 2.18. The van der Waals surface area contributed by atoms with Crippen molar-refractivity contribution in [2.24, 2.45) is 0 Å².